The minimum Gasteiger partial charge on any atom is -0.465 e. The Morgan fingerprint density at radius 2 is 2.13 bits per heavy atom. The van der Waals surface area contributed by atoms with Crippen LogP contribution in [0.25, 0.3) is 17.5 Å². The molecule has 3 aromatic heterocycles. The summed E-state index contributed by atoms with van der Waals surface area (Å²) in [5, 5.41) is 3.36. The fourth-order valence-electron chi connectivity index (χ4n) is 3.30. The zero-order valence-corrected chi connectivity index (χ0v) is 15.7. The van der Waals surface area contributed by atoms with Gasteiger partial charge in [0.2, 0.25) is 11.7 Å². The lowest BCUT2D eigenvalue weighted by atomic mass is 9.94. The molecule has 0 spiro atoms. The van der Waals surface area contributed by atoms with E-state index in [1.165, 1.54) is 18.5 Å². The van der Waals surface area contributed by atoms with E-state index in [9.17, 15) is 18.0 Å². The van der Waals surface area contributed by atoms with Gasteiger partial charge >= 0.3 is 12.1 Å². The molecule has 1 saturated heterocycles. The van der Waals surface area contributed by atoms with Crippen molar-refractivity contribution in [2.45, 2.75) is 24.9 Å². The fraction of sp³-hybridized carbons (Fsp3) is 0.300. The van der Waals surface area contributed by atoms with Gasteiger partial charge in [-0.3, -0.25) is 9.78 Å². The van der Waals surface area contributed by atoms with Gasteiger partial charge in [-0.2, -0.15) is 18.2 Å². The quantitative estimate of drug-likeness (QED) is 0.592. The van der Waals surface area contributed by atoms with E-state index in [0.717, 1.165) is 18.5 Å². The number of likely N-dealkylation sites (tertiary alicyclic amines) is 1. The molecule has 0 bridgehead atoms. The molecule has 156 valence electrons. The van der Waals surface area contributed by atoms with E-state index in [0.29, 0.717) is 24.4 Å². The van der Waals surface area contributed by atoms with Crippen LogP contribution in [0.4, 0.5) is 13.2 Å². The zero-order valence-electron chi connectivity index (χ0n) is 15.7. The standard InChI is InChI=1S/C20H17F3N4O3/c21-20(22,23)19-25-18(26-30-19)13-5-7-16(24-11-13)14-3-1-9-27(12-14)17(28)8-6-15-4-2-10-29-15/h2,4-8,10-11,14H,1,3,9,12H2/b8-6+. The number of aromatic nitrogens is 3. The Morgan fingerprint density at radius 1 is 1.27 bits per heavy atom. The smallest absolute Gasteiger partial charge is 0.465 e. The number of furan rings is 1. The van der Waals surface area contributed by atoms with Crippen LogP contribution in [0.2, 0.25) is 0 Å². The molecule has 4 rings (SSSR count). The third kappa shape index (κ3) is 4.42. The number of amides is 1. The number of pyridine rings is 1. The van der Waals surface area contributed by atoms with Gasteiger partial charge in [0.05, 0.1) is 6.26 Å². The lowest BCUT2D eigenvalue weighted by Gasteiger charge is -2.31. The number of rotatable bonds is 4. The summed E-state index contributed by atoms with van der Waals surface area (Å²) in [4.78, 5) is 21.9. The molecule has 4 heterocycles. The van der Waals surface area contributed by atoms with E-state index >= 15 is 0 Å². The van der Waals surface area contributed by atoms with E-state index < -0.39 is 12.1 Å². The molecule has 0 saturated carbocycles. The van der Waals surface area contributed by atoms with Gasteiger partial charge in [-0.05, 0) is 43.2 Å². The Balaban J connectivity index is 1.42. The molecular weight excluding hydrogens is 401 g/mol. The van der Waals surface area contributed by atoms with E-state index in [4.69, 9.17) is 4.42 Å². The second-order valence-electron chi connectivity index (χ2n) is 6.86. The first kappa shape index (κ1) is 19.9. The minimum atomic E-state index is -4.69. The van der Waals surface area contributed by atoms with Crippen molar-refractivity contribution in [3.05, 3.63) is 60.1 Å². The van der Waals surface area contributed by atoms with Gasteiger partial charge in [0, 0.05) is 42.5 Å². The molecule has 7 nitrogen and oxygen atoms in total. The lowest BCUT2D eigenvalue weighted by Crippen LogP contribution is -2.38. The zero-order chi connectivity index (χ0) is 21.1. The van der Waals surface area contributed by atoms with Crippen LogP contribution in [-0.2, 0) is 11.0 Å². The van der Waals surface area contributed by atoms with Crippen LogP contribution in [0.15, 0.2) is 51.7 Å². The Hall–Kier alpha value is -3.43. The summed E-state index contributed by atoms with van der Waals surface area (Å²) in [5.41, 5.74) is 1.08. The Kier molecular flexibility index (Phi) is 5.39. The predicted molar refractivity (Wildman–Crippen MR) is 98.8 cm³/mol. The summed E-state index contributed by atoms with van der Waals surface area (Å²) in [6.07, 6.45) is 3.05. The van der Waals surface area contributed by atoms with Crippen LogP contribution >= 0.6 is 0 Å². The van der Waals surface area contributed by atoms with Crippen LogP contribution in [-0.4, -0.2) is 39.0 Å². The first-order chi connectivity index (χ1) is 14.4. The highest BCUT2D eigenvalue weighted by molar-refractivity contribution is 5.91. The fourth-order valence-corrected chi connectivity index (χ4v) is 3.30. The number of nitrogens with zero attached hydrogens (tertiary/aromatic N) is 4. The van der Waals surface area contributed by atoms with Crippen molar-refractivity contribution in [1.82, 2.24) is 20.0 Å². The van der Waals surface area contributed by atoms with Gasteiger partial charge in [0.25, 0.3) is 0 Å². The van der Waals surface area contributed by atoms with Crippen LogP contribution in [0.5, 0.6) is 0 Å². The average Bonchev–Trinajstić information content (AvgIpc) is 3.44. The van der Waals surface area contributed by atoms with Gasteiger partial charge in [-0.15, -0.1) is 0 Å². The molecule has 10 heteroatoms. The first-order valence-corrected chi connectivity index (χ1v) is 9.28. The van der Waals surface area contributed by atoms with E-state index in [-0.39, 0.29) is 17.6 Å². The van der Waals surface area contributed by atoms with Crippen molar-refractivity contribution < 1.29 is 26.9 Å². The summed E-state index contributed by atoms with van der Waals surface area (Å²) >= 11 is 0. The topological polar surface area (TPSA) is 85.3 Å². The molecule has 1 amide bonds. The maximum absolute atomic E-state index is 12.6. The summed E-state index contributed by atoms with van der Waals surface area (Å²) in [6, 6.07) is 6.83. The van der Waals surface area contributed by atoms with Gasteiger partial charge < -0.3 is 13.8 Å². The van der Waals surface area contributed by atoms with Crippen molar-refractivity contribution in [2.24, 2.45) is 0 Å². The summed E-state index contributed by atoms with van der Waals surface area (Å²) in [7, 11) is 0. The Morgan fingerprint density at radius 3 is 2.80 bits per heavy atom. The largest absolute Gasteiger partial charge is 0.471 e. The maximum atomic E-state index is 12.6. The van der Waals surface area contributed by atoms with Gasteiger partial charge in [-0.1, -0.05) is 5.16 Å². The van der Waals surface area contributed by atoms with Crippen LogP contribution < -0.4 is 0 Å². The Labute approximate surface area is 169 Å². The number of piperidine rings is 1. The van der Waals surface area contributed by atoms with Gasteiger partial charge in [-0.25, -0.2) is 0 Å². The molecule has 1 atom stereocenters. The van der Waals surface area contributed by atoms with E-state index in [1.807, 2.05) is 0 Å². The van der Waals surface area contributed by atoms with Gasteiger partial charge in [0.15, 0.2) is 0 Å². The summed E-state index contributed by atoms with van der Waals surface area (Å²) < 4.78 is 47.3. The average molecular weight is 418 g/mol. The molecular formula is C20H17F3N4O3. The minimum absolute atomic E-state index is 0.0322. The SMILES string of the molecule is O=C(/C=C/c1ccco1)N1CCCC(c2ccc(-c3noc(C(F)(F)F)n3)cn2)C1. The van der Waals surface area contributed by atoms with E-state index in [2.05, 4.69) is 19.6 Å². The number of carbonyl (C=O) groups excluding carboxylic acids is 1. The molecule has 1 unspecified atom stereocenters. The number of hydrogen-bond acceptors (Lipinski definition) is 6. The third-order valence-electron chi connectivity index (χ3n) is 4.80. The highest BCUT2D eigenvalue weighted by Crippen LogP contribution is 2.30. The second kappa shape index (κ2) is 8.13. The van der Waals surface area contributed by atoms with Crippen molar-refractivity contribution in [3.63, 3.8) is 0 Å². The van der Waals surface area contributed by atoms with Crippen LogP contribution in [0, 0.1) is 0 Å². The molecule has 3 aromatic rings. The molecule has 0 aliphatic carbocycles. The van der Waals surface area contributed by atoms with Gasteiger partial charge in [0.1, 0.15) is 5.76 Å². The first-order valence-electron chi connectivity index (χ1n) is 9.28. The lowest BCUT2D eigenvalue weighted by molar-refractivity contribution is -0.159. The van der Waals surface area contributed by atoms with Crippen LogP contribution in [0.1, 0.15) is 36.1 Å². The molecule has 0 aromatic carbocycles. The monoisotopic (exact) mass is 418 g/mol. The van der Waals surface area contributed by atoms with Crippen LogP contribution in [0.3, 0.4) is 0 Å². The summed E-state index contributed by atoms with van der Waals surface area (Å²) in [6.45, 7) is 1.16. The highest BCUT2D eigenvalue weighted by Gasteiger charge is 2.38. The predicted octanol–water partition coefficient (Wildman–Crippen LogP) is 4.16. The molecule has 1 fully saturated rings. The van der Waals surface area contributed by atoms with Crippen molar-refractivity contribution in [1.29, 1.82) is 0 Å². The summed E-state index contributed by atoms with van der Waals surface area (Å²) in [5.74, 6) is -1.05. The van der Waals surface area contributed by atoms with Crippen molar-refractivity contribution in [3.8, 4) is 11.4 Å². The molecule has 1 aliphatic heterocycles. The van der Waals surface area contributed by atoms with Crippen molar-refractivity contribution in [2.75, 3.05) is 13.1 Å². The molecule has 1 aliphatic rings. The second-order valence-corrected chi connectivity index (χ2v) is 6.86. The number of carbonyl (C=O) groups is 1. The molecule has 0 N–H and O–H groups in total. The highest BCUT2D eigenvalue weighted by atomic mass is 19.4. The number of halogens is 3. The molecule has 0 radical (unpaired) electrons. The number of hydrogen-bond donors (Lipinski definition) is 0. The maximum Gasteiger partial charge on any atom is 0.471 e. The molecule has 30 heavy (non-hydrogen) atoms. The normalized spacial score (nSPS) is 17.6. The third-order valence-corrected chi connectivity index (χ3v) is 4.80. The van der Waals surface area contributed by atoms with E-state index in [1.54, 1.807) is 35.2 Å². The van der Waals surface area contributed by atoms with Crippen molar-refractivity contribution >= 4 is 12.0 Å². The Bertz CT molecular complexity index is 1030. The number of alkyl halides is 3.